The number of hydrogen-bond acceptors (Lipinski definition) is 5. The van der Waals surface area contributed by atoms with Crippen LogP contribution in [0.4, 0.5) is 0 Å². The van der Waals surface area contributed by atoms with Crippen LogP contribution in [0.15, 0.2) is 36.8 Å². The number of rotatable bonds is 4. The van der Waals surface area contributed by atoms with Crippen molar-refractivity contribution in [2.45, 2.75) is 6.04 Å². The van der Waals surface area contributed by atoms with Gasteiger partial charge in [-0.1, -0.05) is 12.1 Å². The summed E-state index contributed by atoms with van der Waals surface area (Å²) in [6.45, 7) is 0. The lowest BCUT2D eigenvalue weighted by atomic mass is 10.0. The van der Waals surface area contributed by atoms with Crippen LogP contribution in [0.25, 0.3) is 0 Å². The van der Waals surface area contributed by atoms with Gasteiger partial charge >= 0.3 is 5.97 Å². The SMILES string of the molecule is COC(=O)C(c1cccc(O)c1)N(C)C(=O)c1cncn1C. The molecule has 1 aromatic heterocycles. The summed E-state index contributed by atoms with van der Waals surface area (Å²) < 4.78 is 6.35. The number of imidazole rings is 1. The van der Waals surface area contributed by atoms with Crippen LogP contribution in [0.1, 0.15) is 22.1 Å². The maximum Gasteiger partial charge on any atom is 0.333 e. The molecule has 1 unspecified atom stereocenters. The van der Waals surface area contributed by atoms with Gasteiger partial charge < -0.3 is 19.3 Å². The van der Waals surface area contributed by atoms with Gasteiger partial charge in [0.15, 0.2) is 6.04 Å². The maximum atomic E-state index is 12.5. The molecule has 0 radical (unpaired) electrons. The van der Waals surface area contributed by atoms with Crippen molar-refractivity contribution >= 4 is 11.9 Å². The molecule has 1 N–H and O–H groups in total. The number of benzene rings is 1. The number of carbonyl (C=O) groups is 2. The van der Waals surface area contributed by atoms with Gasteiger partial charge in [0.1, 0.15) is 11.4 Å². The number of phenols is 1. The zero-order chi connectivity index (χ0) is 16.3. The zero-order valence-corrected chi connectivity index (χ0v) is 12.6. The van der Waals surface area contributed by atoms with Crippen molar-refractivity contribution < 1.29 is 19.4 Å². The molecule has 0 bridgehead atoms. The smallest absolute Gasteiger partial charge is 0.333 e. The average Bonchev–Trinajstić information content (AvgIpc) is 2.92. The zero-order valence-electron chi connectivity index (χ0n) is 12.6. The molecule has 1 heterocycles. The third kappa shape index (κ3) is 2.93. The summed E-state index contributed by atoms with van der Waals surface area (Å²) in [4.78, 5) is 29.8. The lowest BCUT2D eigenvalue weighted by Gasteiger charge is -2.26. The summed E-state index contributed by atoms with van der Waals surface area (Å²) in [5.41, 5.74) is 0.807. The van der Waals surface area contributed by atoms with E-state index in [1.165, 1.54) is 43.7 Å². The van der Waals surface area contributed by atoms with E-state index >= 15 is 0 Å². The number of amides is 1. The molecule has 0 saturated heterocycles. The molecule has 2 rings (SSSR count). The largest absolute Gasteiger partial charge is 0.508 e. The molecule has 1 atom stereocenters. The third-order valence-electron chi connectivity index (χ3n) is 3.35. The molecule has 0 fully saturated rings. The minimum Gasteiger partial charge on any atom is -0.508 e. The number of carbonyl (C=O) groups excluding carboxylic acids is 2. The van der Waals surface area contributed by atoms with Crippen LogP contribution in [-0.2, 0) is 16.6 Å². The number of hydrogen-bond donors (Lipinski definition) is 1. The first-order chi connectivity index (χ1) is 10.5. The van der Waals surface area contributed by atoms with Crippen LogP contribution in [-0.4, -0.2) is 45.6 Å². The molecule has 1 aromatic carbocycles. The Labute approximate surface area is 127 Å². The van der Waals surface area contributed by atoms with E-state index in [1.807, 2.05) is 0 Å². The van der Waals surface area contributed by atoms with Crippen LogP contribution in [0.2, 0.25) is 0 Å². The topological polar surface area (TPSA) is 84.7 Å². The fourth-order valence-corrected chi connectivity index (χ4v) is 2.19. The van der Waals surface area contributed by atoms with Crippen LogP contribution < -0.4 is 0 Å². The lowest BCUT2D eigenvalue weighted by molar-refractivity contribution is -0.145. The molecule has 7 nitrogen and oxygen atoms in total. The van der Waals surface area contributed by atoms with Gasteiger partial charge in [-0.3, -0.25) is 4.79 Å². The normalized spacial score (nSPS) is 11.8. The van der Waals surface area contributed by atoms with Gasteiger partial charge in [-0.05, 0) is 17.7 Å². The fourth-order valence-electron chi connectivity index (χ4n) is 2.19. The summed E-state index contributed by atoms with van der Waals surface area (Å²) in [5, 5.41) is 9.60. The molecule has 2 aromatic rings. The van der Waals surface area contributed by atoms with Crippen molar-refractivity contribution in [3.8, 4) is 5.75 Å². The molecular weight excluding hydrogens is 286 g/mol. The van der Waals surface area contributed by atoms with E-state index in [0.29, 0.717) is 11.3 Å². The van der Waals surface area contributed by atoms with Gasteiger partial charge in [-0.15, -0.1) is 0 Å². The minimum atomic E-state index is -0.959. The molecule has 116 valence electrons. The van der Waals surface area contributed by atoms with Crippen molar-refractivity contribution in [3.63, 3.8) is 0 Å². The summed E-state index contributed by atoms with van der Waals surface area (Å²) in [5.74, 6) is -0.963. The first kappa shape index (κ1) is 15.6. The number of aryl methyl sites for hydroxylation is 1. The monoisotopic (exact) mass is 303 g/mol. The highest BCUT2D eigenvalue weighted by atomic mass is 16.5. The van der Waals surface area contributed by atoms with E-state index < -0.39 is 12.0 Å². The van der Waals surface area contributed by atoms with Gasteiger partial charge in [-0.25, -0.2) is 9.78 Å². The van der Waals surface area contributed by atoms with Crippen LogP contribution in [0.3, 0.4) is 0 Å². The maximum absolute atomic E-state index is 12.5. The molecule has 0 spiro atoms. The molecule has 1 amide bonds. The van der Waals surface area contributed by atoms with Gasteiger partial charge in [0.05, 0.1) is 19.6 Å². The van der Waals surface area contributed by atoms with E-state index in [9.17, 15) is 14.7 Å². The van der Waals surface area contributed by atoms with Crippen molar-refractivity contribution in [2.24, 2.45) is 7.05 Å². The quantitative estimate of drug-likeness (QED) is 0.855. The van der Waals surface area contributed by atoms with E-state index in [4.69, 9.17) is 4.74 Å². The van der Waals surface area contributed by atoms with E-state index in [0.717, 1.165) is 0 Å². The number of methoxy groups -OCH3 is 1. The van der Waals surface area contributed by atoms with E-state index in [2.05, 4.69) is 4.98 Å². The Morgan fingerprint density at radius 3 is 2.68 bits per heavy atom. The second-order valence-electron chi connectivity index (χ2n) is 4.83. The highest BCUT2D eigenvalue weighted by molar-refractivity contribution is 5.95. The number of phenolic OH excluding ortho intramolecular Hbond substituents is 1. The van der Waals surface area contributed by atoms with Gasteiger partial charge in [-0.2, -0.15) is 0 Å². The number of esters is 1. The fraction of sp³-hybridized carbons (Fsp3) is 0.267. The second-order valence-corrected chi connectivity index (χ2v) is 4.83. The molecule has 0 saturated carbocycles. The predicted octanol–water partition coefficient (Wildman–Crippen LogP) is 1.11. The minimum absolute atomic E-state index is 0.00721. The Balaban J connectivity index is 2.39. The molecule has 0 aliphatic heterocycles. The second kappa shape index (κ2) is 6.30. The highest BCUT2D eigenvalue weighted by Crippen LogP contribution is 2.25. The summed E-state index contributed by atoms with van der Waals surface area (Å²) in [6.07, 6.45) is 2.93. The van der Waals surface area contributed by atoms with Gasteiger partial charge in [0.2, 0.25) is 0 Å². The first-order valence-electron chi connectivity index (χ1n) is 6.56. The molecule has 0 aliphatic rings. The number of aromatic nitrogens is 2. The lowest BCUT2D eigenvalue weighted by Crippen LogP contribution is -2.37. The first-order valence-corrected chi connectivity index (χ1v) is 6.56. The van der Waals surface area contributed by atoms with Gasteiger partial charge in [0, 0.05) is 14.1 Å². The Hall–Kier alpha value is -2.83. The van der Waals surface area contributed by atoms with Crippen LogP contribution in [0, 0.1) is 0 Å². The van der Waals surface area contributed by atoms with Crippen molar-refractivity contribution in [1.82, 2.24) is 14.5 Å². The number of aromatic hydroxyl groups is 1. The number of likely N-dealkylation sites (N-methyl/N-ethyl adjacent to an activating group) is 1. The standard InChI is InChI=1S/C15H17N3O4/c1-17-9-16-8-12(17)14(20)18(2)13(15(21)22-3)10-5-4-6-11(19)7-10/h4-9,13,19H,1-3H3. The summed E-state index contributed by atoms with van der Waals surface area (Å²) in [7, 11) is 4.44. The highest BCUT2D eigenvalue weighted by Gasteiger charge is 2.31. The Kier molecular flexibility index (Phi) is 4.45. The Morgan fingerprint density at radius 1 is 1.41 bits per heavy atom. The number of ether oxygens (including phenoxy) is 1. The van der Waals surface area contributed by atoms with Crippen molar-refractivity contribution in [3.05, 3.63) is 48.0 Å². The van der Waals surface area contributed by atoms with Gasteiger partial charge in [0.25, 0.3) is 5.91 Å². The van der Waals surface area contributed by atoms with E-state index in [-0.39, 0.29) is 11.7 Å². The Morgan fingerprint density at radius 2 is 2.14 bits per heavy atom. The molecule has 7 heteroatoms. The average molecular weight is 303 g/mol. The summed E-state index contributed by atoms with van der Waals surface area (Å²) in [6, 6.07) is 5.20. The van der Waals surface area contributed by atoms with Crippen molar-refractivity contribution in [2.75, 3.05) is 14.2 Å². The number of nitrogens with zero attached hydrogens (tertiary/aromatic N) is 3. The summed E-state index contributed by atoms with van der Waals surface area (Å²) >= 11 is 0. The third-order valence-corrected chi connectivity index (χ3v) is 3.35. The Bertz CT molecular complexity index is 696. The predicted molar refractivity (Wildman–Crippen MR) is 78.2 cm³/mol. The molecular formula is C15H17N3O4. The van der Waals surface area contributed by atoms with E-state index in [1.54, 1.807) is 23.7 Å². The molecule has 22 heavy (non-hydrogen) atoms. The van der Waals surface area contributed by atoms with Crippen molar-refractivity contribution in [1.29, 1.82) is 0 Å². The molecule has 0 aliphatic carbocycles. The van der Waals surface area contributed by atoms with Crippen LogP contribution >= 0.6 is 0 Å². The van der Waals surface area contributed by atoms with Crippen LogP contribution in [0.5, 0.6) is 5.75 Å².